The third-order valence-electron chi connectivity index (χ3n) is 2.10. The van der Waals surface area contributed by atoms with Gasteiger partial charge in [0.2, 0.25) is 0 Å². The van der Waals surface area contributed by atoms with Gasteiger partial charge >= 0.3 is 5.97 Å². The van der Waals surface area contributed by atoms with Crippen molar-refractivity contribution in [1.29, 1.82) is 0 Å². The quantitative estimate of drug-likeness (QED) is 0.771. The van der Waals surface area contributed by atoms with Crippen LogP contribution in [0.25, 0.3) is 0 Å². The molecule has 0 spiro atoms. The van der Waals surface area contributed by atoms with E-state index in [1.54, 1.807) is 0 Å². The van der Waals surface area contributed by atoms with Crippen molar-refractivity contribution >= 4 is 17.3 Å². The Bertz CT molecular complexity index is 293. The average molecular weight is 197 g/mol. The number of nitrogens with one attached hydrogen (secondary N) is 1. The highest BCUT2D eigenvalue weighted by molar-refractivity contribution is 7.08. The fourth-order valence-electron chi connectivity index (χ4n) is 1.24. The average Bonchev–Trinajstić information content (AvgIpc) is 2.75. The van der Waals surface area contributed by atoms with Crippen molar-refractivity contribution in [2.24, 2.45) is 0 Å². The highest BCUT2D eigenvalue weighted by Crippen LogP contribution is 2.25. The van der Waals surface area contributed by atoms with Crippen LogP contribution < -0.4 is 5.32 Å². The van der Waals surface area contributed by atoms with Gasteiger partial charge in [0.1, 0.15) is 6.04 Å². The Hall–Kier alpha value is -0.870. The van der Waals surface area contributed by atoms with Gasteiger partial charge in [-0.25, -0.2) is 0 Å². The summed E-state index contributed by atoms with van der Waals surface area (Å²) in [5, 5.41) is 15.8. The number of thiophene rings is 1. The van der Waals surface area contributed by atoms with E-state index < -0.39 is 12.0 Å². The van der Waals surface area contributed by atoms with Crippen molar-refractivity contribution in [3.8, 4) is 0 Å². The van der Waals surface area contributed by atoms with Gasteiger partial charge in [-0.3, -0.25) is 10.1 Å². The van der Waals surface area contributed by atoms with Gasteiger partial charge in [0.05, 0.1) is 0 Å². The Morgan fingerprint density at radius 2 is 2.46 bits per heavy atom. The topological polar surface area (TPSA) is 49.3 Å². The van der Waals surface area contributed by atoms with Gasteiger partial charge < -0.3 is 5.11 Å². The summed E-state index contributed by atoms with van der Waals surface area (Å²) in [6.07, 6.45) is 2.21. The number of rotatable bonds is 4. The van der Waals surface area contributed by atoms with E-state index >= 15 is 0 Å². The van der Waals surface area contributed by atoms with E-state index in [0.717, 1.165) is 18.4 Å². The summed E-state index contributed by atoms with van der Waals surface area (Å²) in [6.45, 7) is 0. The Kier molecular flexibility index (Phi) is 2.33. The standard InChI is InChI=1S/C9H11NO2S/c11-9(12)8(10-7-1-2-7)6-3-4-13-5-6/h3-5,7-8,10H,1-2H2,(H,11,12). The predicted molar refractivity (Wildman–Crippen MR) is 50.9 cm³/mol. The van der Waals surface area contributed by atoms with Crippen LogP contribution in [-0.2, 0) is 4.79 Å². The molecule has 1 aliphatic rings. The fraction of sp³-hybridized carbons (Fsp3) is 0.444. The molecule has 2 rings (SSSR count). The Balaban J connectivity index is 2.08. The molecular weight excluding hydrogens is 186 g/mol. The van der Waals surface area contributed by atoms with Crippen LogP contribution in [0.4, 0.5) is 0 Å². The zero-order valence-electron chi connectivity index (χ0n) is 7.06. The maximum absolute atomic E-state index is 10.9. The zero-order chi connectivity index (χ0) is 9.26. The second-order valence-electron chi connectivity index (χ2n) is 3.27. The Morgan fingerprint density at radius 1 is 1.69 bits per heavy atom. The van der Waals surface area contributed by atoms with Crippen molar-refractivity contribution in [2.75, 3.05) is 0 Å². The summed E-state index contributed by atoms with van der Waals surface area (Å²) in [5.41, 5.74) is 0.865. The first kappa shape index (κ1) is 8.72. The molecule has 1 fully saturated rings. The van der Waals surface area contributed by atoms with Crippen LogP contribution >= 0.6 is 11.3 Å². The minimum atomic E-state index is -0.787. The zero-order valence-corrected chi connectivity index (χ0v) is 7.88. The van der Waals surface area contributed by atoms with E-state index in [1.807, 2.05) is 16.8 Å². The Morgan fingerprint density at radius 3 is 2.92 bits per heavy atom. The molecule has 70 valence electrons. The SMILES string of the molecule is O=C(O)C(NC1CC1)c1ccsc1. The molecule has 0 amide bonds. The van der Waals surface area contributed by atoms with Crippen LogP contribution in [0.1, 0.15) is 24.4 Å². The lowest BCUT2D eigenvalue weighted by Gasteiger charge is -2.11. The second kappa shape index (κ2) is 3.47. The van der Waals surface area contributed by atoms with Crippen molar-refractivity contribution in [3.05, 3.63) is 22.4 Å². The molecule has 1 unspecified atom stereocenters. The lowest BCUT2D eigenvalue weighted by molar-refractivity contribution is -0.139. The number of carboxylic acids is 1. The molecule has 1 aromatic rings. The molecule has 1 saturated carbocycles. The van der Waals surface area contributed by atoms with Crippen LogP contribution in [0.15, 0.2) is 16.8 Å². The van der Waals surface area contributed by atoms with Crippen LogP contribution in [-0.4, -0.2) is 17.1 Å². The summed E-state index contributed by atoms with van der Waals surface area (Å²) in [7, 11) is 0. The van der Waals surface area contributed by atoms with Crippen molar-refractivity contribution in [3.63, 3.8) is 0 Å². The highest BCUT2D eigenvalue weighted by atomic mass is 32.1. The molecule has 13 heavy (non-hydrogen) atoms. The first-order chi connectivity index (χ1) is 6.27. The molecule has 0 radical (unpaired) electrons. The molecule has 0 saturated heterocycles. The highest BCUT2D eigenvalue weighted by Gasteiger charge is 2.29. The van der Waals surface area contributed by atoms with Crippen molar-refractivity contribution in [1.82, 2.24) is 5.32 Å². The maximum atomic E-state index is 10.9. The number of hydrogen-bond acceptors (Lipinski definition) is 3. The molecule has 1 heterocycles. The molecule has 3 nitrogen and oxygen atoms in total. The van der Waals surface area contributed by atoms with Crippen LogP contribution in [0, 0.1) is 0 Å². The summed E-state index contributed by atoms with van der Waals surface area (Å²) in [4.78, 5) is 10.9. The fourth-order valence-corrected chi connectivity index (χ4v) is 1.92. The van der Waals surface area contributed by atoms with Gasteiger partial charge in [-0.05, 0) is 35.2 Å². The molecule has 1 aromatic heterocycles. The monoisotopic (exact) mass is 197 g/mol. The number of hydrogen-bond donors (Lipinski definition) is 2. The minimum Gasteiger partial charge on any atom is -0.480 e. The van der Waals surface area contributed by atoms with E-state index in [0.29, 0.717) is 6.04 Å². The van der Waals surface area contributed by atoms with Gasteiger partial charge in [-0.15, -0.1) is 0 Å². The van der Waals surface area contributed by atoms with Crippen molar-refractivity contribution < 1.29 is 9.90 Å². The van der Waals surface area contributed by atoms with Crippen LogP contribution in [0.5, 0.6) is 0 Å². The van der Waals surface area contributed by atoms with E-state index in [2.05, 4.69) is 5.32 Å². The third kappa shape index (κ3) is 2.08. The molecule has 0 bridgehead atoms. The van der Waals surface area contributed by atoms with Gasteiger partial charge in [-0.1, -0.05) is 0 Å². The first-order valence-corrected chi connectivity index (χ1v) is 5.22. The number of aliphatic carboxylic acids is 1. The van der Waals surface area contributed by atoms with E-state index in [4.69, 9.17) is 5.11 Å². The van der Waals surface area contributed by atoms with Gasteiger partial charge in [0, 0.05) is 6.04 Å². The van der Waals surface area contributed by atoms with Gasteiger partial charge in [0.15, 0.2) is 0 Å². The minimum absolute atomic E-state index is 0.418. The molecule has 0 aromatic carbocycles. The van der Waals surface area contributed by atoms with Gasteiger partial charge in [-0.2, -0.15) is 11.3 Å². The molecule has 4 heteroatoms. The molecule has 2 N–H and O–H groups in total. The number of carbonyl (C=O) groups is 1. The molecule has 1 aliphatic carbocycles. The summed E-state index contributed by atoms with van der Waals surface area (Å²) in [6, 6.07) is 1.76. The number of carboxylic acid groups (broad SMARTS) is 1. The van der Waals surface area contributed by atoms with Crippen molar-refractivity contribution in [2.45, 2.75) is 24.9 Å². The molecule has 1 atom stereocenters. The molecule has 0 aliphatic heterocycles. The first-order valence-electron chi connectivity index (χ1n) is 4.28. The normalized spacial score (nSPS) is 18.5. The second-order valence-corrected chi connectivity index (χ2v) is 4.05. The van der Waals surface area contributed by atoms with Crippen LogP contribution in [0.3, 0.4) is 0 Å². The summed E-state index contributed by atoms with van der Waals surface area (Å²) in [5.74, 6) is -0.787. The van der Waals surface area contributed by atoms with Crippen LogP contribution in [0.2, 0.25) is 0 Å². The van der Waals surface area contributed by atoms with Gasteiger partial charge in [0.25, 0.3) is 0 Å². The summed E-state index contributed by atoms with van der Waals surface area (Å²) >= 11 is 1.53. The smallest absolute Gasteiger partial charge is 0.325 e. The lowest BCUT2D eigenvalue weighted by Crippen LogP contribution is -2.29. The Labute approximate surface area is 80.4 Å². The lowest BCUT2D eigenvalue weighted by atomic mass is 10.1. The molecular formula is C9H11NO2S. The predicted octanol–water partition coefficient (Wildman–Crippen LogP) is 1.63. The van der Waals surface area contributed by atoms with E-state index in [9.17, 15) is 4.79 Å². The third-order valence-corrected chi connectivity index (χ3v) is 2.80. The summed E-state index contributed by atoms with van der Waals surface area (Å²) < 4.78 is 0. The van der Waals surface area contributed by atoms with E-state index in [-0.39, 0.29) is 0 Å². The largest absolute Gasteiger partial charge is 0.480 e. The van der Waals surface area contributed by atoms with E-state index in [1.165, 1.54) is 11.3 Å². The maximum Gasteiger partial charge on any atom is 0.325 e.